The van der Waals surface area contributed by atoms with E-state index in [0.29, 0.717) is 48.8 Å². The highest BCUT2D eigenvalue weighted by atomic mass is 16.6. The number of benzene rings is 2. The van der Waals surface area contributed by atoms with Crippen LogP contribution in [0.4, 0.5) is 5.95 Å². The highest BCUT2D eigenvalue weighted by Gasteiger charge is 2.44. The lowest BCUT2D eigenvalue weighted by molar-refractivity contribution is -0.123. The zero-order valence-electron chi connectivity index (χ0n) is 19.2. The molecule has 35 heavy (non-hydrogen) atoms. The number of nitrogens with two attached hydrogens (primary N) is 1. The number of nitrogens with one attached hydrogen (secondary N) is 2. The molecule has 188 valence electrons. The highest BCUT2D eigenvalue weighted by molar-refractivity contribution is 5.79. The second kappa shape index (κ2) is 11.5. The predicted octanol–water partition coefficient (Wildman–Crippen LogP) is 0.104. The Morgan fingerprint density at radius 3 is 2.77 bits per heavy atom. The molecule has 4 atom stereocenters. The summed E-state index contributed by atoms with van der Waals surface area (Å²) in [4.78, 5) is 16.5. The van der Waals surface area contributed by atoms with Gasteiger partial charge in [0.1, 0.15) is 24.1 Å². The van der Waals surface area contributed by atoms with Crippen LogP contribution in [-0.4, -0.2) is 75.4 Å². The number of rotatable bonds is 11. The summed E-state index contributed by atoms with van der Waals surface area (Å²) in [5, 5.41) is 36.3. The van der Waals surface area contributed by atoms with E-state index >= 15 is 0 Å². The number of anilines is 1. The molecule has 11 heteroatoms. The third-order valence-corrected chi connectivity index (χ3v) is 5.79. The Hall–Kier alpha value is -3.22. The fourth-order valence-electron chi connectivity index (χ4n) is 3.98. The van der Waals surface area contributed by atoms with Crippen molar-refractivity contribution < 1.29 is 29.6 Å². The number of hydrogen-bond donors (Lipinski definition) is 6. The summed E-state index contributed by atoms with van der Waals surface area (Å²) in [5.41, 5.74) is 7.70. The van der Waals surface area contributed by atoms with Crippen LogP contribution in [0.5, 0.6) is 5.75 Å². The van der Waals surface area contributed by atoms with Gasteiger partial charge in [0, 0.05) is 13.1 Å². The van der Waals surface area contributed by atoms with Crippen molar-refractivity contribution in [3.05, 3.63) is 54.1 Å². The van der Waals surface area contributed by atoms with Gasteiger partial charge in [-0.05, 0) is 42.8 Å². The van der Waals surface area contributed by atoms with Crippen LogP contribution in [0.3, 0.4) is 0 Å². The van der Waals surface area contributed by atoms with Gasteiger partial charge in [-0.1, -0.05) is 24.3 Å². The van der Waals surface area contributed by atoms with Gasteiger partial charge in [-0.15, -0.1) is 0 Å². The lowest BCUT2D eigenvalue weighted by Gasteiger charge is -2.20. The van der Waals surface area contributed by atoms with Crippen molar-refractivity contribution in [3.63, 3.8) is 0 Å². The van der Waals surface area contributed by atoms with Crippen LogP contribution in [-0.2, 0) is 16.1 Å². The smallest absolute Gasteiger partial charge is 0.257 e. The van der Waals surface area contributed by atoms with Crippen LogP contribution in [0.2, 0.25) is 0 Å². The number of fused-ring (bicyclic) bond motifs is 1. The maximum atomic E-state index is 11.9. The Bertz CT molecular complexity index is 1140. The Balaban J connectivity index is 1.47. The average Bonchev–Trinajstić information content (AvgIpc) is 3.38. The average molecular weight is 486 g/mol. The lowest BCUT2D eigenvalue weighted by atomic mass is 10.1. The zero-order chi connectivity index (χ0) is 24.8. The summed E-state index contributed by atoms with van der Waals surface area (Å²) >= 11 is 0. The van der Waals surface area contributed by atoms with Gasteiger partial charge in [0.05, 0.1) is 17.6 Å². The van der Waals surface area contributed by atoms with Gasteiger partial charge < -0.3 is 41.2 Å². The summed E-state index contributed by atoms with van der Waals surface area (Å²) in [7, 11) is 0. The monoisotopic (exact) mass is 485 g/mol. The molecule has 1 fully saturated rings. The van der Waals surface area contributed by atoms with E-state index in [2.05, 4.69) is 15.6 Å². The molecule has 2 heterocycles. The van der Waals surface area contributed by atoms with E-state index in [4.69, 9.17) is 15.2 Å². The number of nitrogens with zero attached hydrogens (tertiary/aromatic N) is 2. The first-order chi connectivity index (χ1) is 17.0. The van der Waals surface area contributed by atoms with Gasteiger partial charge in [-0.25, -0.2) is 4.98 Å². The number of ether oxygens (including phenoxy) is 2. The molecule has 1 amide bonds. The number of aliphatic hydroxyl groups excluding tert-OH is 3. The molecule has 1 saturated heterocycles. The first-order valence-corrected chi connectivity index (χ1v) is 11.5. The van der Waals surface area contributed by atoms with Gasteiger partial charge in [-0.2, -0.15) is 0 Å². The third-order valence-electron chi connectivity index (χ3n) is 5.79. The number of aliphatic hydroxyl groups is 3. The van der Waals surface area contributed by atoms with Crippen molar-refractivity contribution in [1.82, 2.24) is 14.9 Å². The zero-order valence-corrected chi connectivity index (χ0v) is 19.2. The number of hydrogen-bond acceptors (Lipinski definition) is 9. The van der Waals surface area contributed by atoms with Gasteiger partial charge in [0.25, 0.3) is 5.91 Å². The van der Waals surface area contributed by atoms with E-state index in [1.165, 1.54) is 0 Å². The van der Waals surface area contributed by atoms with E-state index in [9.17, 15) is 20.1 Å². The molecule has 0 bridgehead atoms. The number of amides is 1. The number of carbonyl (C=O) groups is 1. The Labute approximate surface area is 202 Å². The fourth-order valence-corrected chi connectivity index (χ4v) is 3.98. The molecule has 3 aromatic rings. The number of aromatic nitrogens is 2. The van der Waals surface area contributed by atoms with E-state index in [0.717, 1.165) is 5.56 Å². The second-order valence-electron chi connectivity index (χ2n) is 8.30. The maximum absolute atomic E-state index is 11.9. The first kappa shape index (κ1) is 24.9. The van der Waals surface area contributed by atoms with Crippen LogP contribution in [0.1, 0.15) is 18.2 Å². The van der Waals surface area contributed by atoms with Crippen molar-refractivity contribution in [1.29, 1.82) is 0 Å². The van der Waals surface area contributed by atoms with Crippen molar-refractivity contribution >= 4 is 22.9 Å². The molecule has 11 nitrogen and oxygen atoms in total. The van der Waals surface area contributed by atoms with Crippen LogP contribution in [0, 0.1) is 0 Å². The summed E-state index contributed by atoms with van der Waals surface area (Å²) in [6, 6.07) is 14.7. The molecule has 1 aromatic heterocycles. The van der Waals surface area contributed by atoms with Crippen LogP contribution < -0.4 is 21.1 Å². The van der Waals surface area contributed by atoms with E-state index in [-0.39, 0.29) is 12.5 Å². The minimum absolute atomic E-state index is 0.0947. The Morgan fingerprint density at radius 1 is 1.17 bits per heavy atom. The highest BCUT2D eigenvalue weighted by Crippen LogP contribution is 2.35. The van der Waals surface area contributed by atoms with E-state index < -0.39 is 31.1 Å². The Morgan fingerprint density at radius 2 is 2.00 bits per heavy atom. The molecular formula is C24H31N5O6. The molecule has 1 aliphatic rings. The molecule has 1 aliphatic heterocycles. The van der Waals surface area contributed by atoms with Crippen molar-refractivity contribution in [2.24, 2.45) is 5.73 Å². The van der Waals surface area contributed by atoms with Gasteiger partial charge in [-0.3, -0.25) is 9.36 Å². The minimum atomic E-state index is -1.24. The normalized spacial score (nSPS) is 21.8. The first-order valence-electron chi connectivity index (χ1n) is 11.5. The molecular weight excluding hydrogens is 454 g/mol. The molecule has 7 N–H and O–H groups in total. The van der Waals surface area contributed by atoms with Gasteiger partial charge in [0.2, 0.25) is 5.95 Å². The molecule has 2 aromatic carbocycles. The van der Waals surface area contributed by atoms with Crippen molar-refractivity contribution in [2.75, 3.05) is 31.6 Å². The molecule has 0 unspecified atom stereocenters. The lowest BCUT2D eigenvalue weighted by Crippen LogP contribution is -2.33. The van der Waals surface area contributed by atoms with Gasteiger partial charge >= 0.3 is 0 Å². The van der Waals surface area contributed by atoms with Crippen molar-refractivity contribution in [2.45, 2.75) is 37.5 Å². The summed E-state index contributed by atoms with van der Waals surface area (Å²) in [6.45, 7) is 0.889. The summed E-state index contributed by atoms with van der Waals surface area (Å²) in [5.74, 6) is 0.774. The second-order valence-corrected chi connectivity index (χ2v) is 8.30. The van der Waals surface area contributed by atoms with Crippen molar-refractivity contribution in [3.8, 4) is 5.75 Å². The molecule has 0 radical (unpaired) electrons. The van der Waals surface area contributed by atoms with Crippen LogP contribution in [0.15, 0.2) is 48.5 Å². The van der Waals surface area contributed by atoms with Crippen LogP contribution in [0.25, 0.3) is 11.0 Å². The number of imidazole rings is 1. The summed E-state index contributed by atoms with van der Waals surface area (Å²) in [6.07, 6.45) is -3.58. The largest absolute Gasteiger partial charge is 0.484 e. The van der Waals surface area contributed by atoms with Crippen LogP contribution >= 0.6 is 0 Å². The molecule has 0 saturated carbocycles. The topological polar surface area (TPSA) is 164 Å². The SMILES string of the molecule is NCCCNC(=O)COc1cccc(CNc2nc3ccccc3n2[C@@H]2O[C@H](CO)[C@@H](O)[C@H]2O)c1. The third kappa shape index (κ3) is 5.72. The fraction of sp³-hybridized carbons (Fsp3) is 0.417. The number of para-hydroxylation sites is 2. The van der Waals surface area contributed by atoms with E-state index in [1.807, 2.05) is 42.5 Å². The molecule has 0 aliphatic carbocycles. The van der Waals surface area contributed by atoms with E-state index in [1.54, 1.807) is 10.6 Å². The standard InChI is InChI=1S/C24H31N5O6/c25-9-4-10-26-20(31)14-34-16-6-3-5-15(11-16)12-27-24-28-17-7-1-2-8-18(17)29(24)23-22(33)21(32)19(13-30)35-23/h1-3,5-8,11,19,21-23,30,32-33H,4,9-10,12-14,25H2,(H,26,31)(H,27,28)/t19-,21-,22-,23-/m1/s1. The minimum Gasteiger partial charge on any atom is -0.484 e. The maximum Gasteiger partial charge on any atom is 0.257 e. The Kier molecular flexibility index (Phi) is 8.16. The molecule has 0 spiro atoms. The van der Waals surface area contributed by atoms with Gasteiger partial charge in [0.15, 0.2) is 12.8 Å². The quantitative estimate of drug-likeness (QED) is 0.207. The number of carbonyl (C=O) groups excluding carboxylic acids is 1. The predicted molar refractivity (Wildman–Crippen MR) is 129 cm³/mol. The molecule has 4 rings (SSSR count). The summed E-state index contributed by atoms with van der Waals surface area (Å²) < 4.78 is 13.0.